The van der Waals surface area contributed by atoms with Crippen molar-refractivity contribution in [3.8, 4) is 5.69 Å². The van der Waals surface area contributed by atoms with Crippen LogP contribution in [0.1, 0.15) is 41.2 Å². The molecule has 0 aliphatic heterocycles. The van der Waals surface area contributed by atoms with E-state index in [9.17, 15) is 0 Å². The molecule has 0 spiro atoms. The highest BCUT2D eigenvalue weighted by Gasteiger charge is 2.15. The number of halogens is 1. The molecule has 4 heteroatoms. The summed E-state index contributed by atoms with van der Waals surface area (Å²) in [6.07, 6.45) is 1.59. The van der Waals surface area contributed by atoms with E-state index in [1.165, 1.54) is 0 Å². The summed E-state index contributed by atoms with van der Waals surface area (Å²) in [5, 5.41) is 9.44. The fourth-order valence-electron chi connectivity index (χ4n) is 4.00. The Hall–Kier alpha value is -3.17. The monoisotopic (exact) mass is 427 g/mol. The van der Waals surface area contributed by atoms with E-state index in [2.05, 4.69) is 62.4 Å². The fourth-order valence-corrected chi connectivity index (χ4v) is 4.33. The van der Waals surface area contributed by atoms with Crippen LogP contribution in [0.15, 0.2) is 67.8 Å². The van der Waals surface area contributed by atoms with Gasteiger partial charge < -0.3 is 0 Å². The molecule has 0 aliphatic rings. The largest absolute Gasteiger partial charge is 0.213 e. The number of hydrogen-bond acceptors (Lipinski definition) is 2. The highest BCUT2D eigenvalue weighted by atomic mass is 35.5. The molecule has 3 aromatic carbocycles. The van der Waals surface area contributed by atoms with E-state index in [1.54, 1.807) is 0 Å². The highest BCUT2D eigenvalue weighted by Crippen LogP contribution is 2.32. The fraction of sp³-hybridized carbons (Fsp3) is 0.185. The van der Waals surface area contributed by atoms with Crippen LogP contribution < -0.4 is 0 Å². The maximum Gasteiger partial charge on any atom is 0.113 e. The Morgan fingerprint density at radius 2 is 1.77 bits per heavy atom. The minimum atomic E-state index is 0.686. The summed E-state index contributed by atoms with van der Waals surface area (Å²) in [7, 11) is 0. The number of allylic oxidation sites excluding steroid dienone is 2. The molecule has 4 rings (SSSR count). The van der Waals surface area contributed by atoms with Crippen LogP contribution in [-0.4, -0.2) is 15.0 Å². The van der Waals surface area contributed by atoms with Gasteiger partial charge >= 0.3 is 0 Å². The van der Waals surface area contributed by atoms with Crippen molar-refractivity contribution >= 4 is 33.8 Å². The lowest BCUT2D eigenvalue weighted by atomic mass is 9.91. The van der Waals surface area contributed by atoms with E-state index in [0.717, 1.165) is 67.1 Å². The van der Waals surface area contributed by atoms with Crippen LogP contribution in [0.2, 0.25) is 5.02 Å². The van der Waals surface area contributed by atoms with Gasteiger partial charge in [-0.3, -0.25) is 0 Å². The molecule has 1 heterocycles. The molecule has 31 heavy (non-hydrogen) atoms. The molecule has 0 radical (unpaired) electrons. The summed E-state index contributed by atoms with van der Waals surface area (Å²) in [4.78, 5) is 0. The van der Waals surface area contributed by atoms with Gasteiger partial charge in [-0.1, -0.05) is 67.2 Å². The first-order valence-corrected chi connectivity index (χ1v) is 10.8. The van der Waals surface area contributed by atoms with Crippen molar-refractivity contribution in [1.82, 2.24) is 15.0 Å². The summed E-state index contributed by atoms with van der Waals surface area (Å²) in [6, 6.07) is 18.4. The van der Waals surface area contributed by atoms with Crippen LogP contribution >= 0.6 is 11.6 Å². The molecule has 0 bridgehead atoms. The molecule has 0 saturated heterocycles. The number of benzene rings is 3. The molecule has 0 aliphatic carbocycles. The van der Waals surface area contributed by atoms with Gasteiger partial charge in [-0.15, -0.1) is 5.10 Å². The molecular weight excluding hydrogens is 402 g/mol. The van der Waals surface area contributed by atoms with Gasteiger partial charge in [0.2, 0.25) is 0 Å². The first-order valence-electron chi connectivity index (χ1n) is 10.5. The van der Waals surface area contributed by atoms with Crippen LogP contribution in [0.25, 0.3) is 27.9 Å². The lowest BCUT2D eigenvalue weighted by Gasteiger charge is -2.17. The van der Waals surface area contributed by atoms with Gasteiger partial charge in [-0.25, -0.2) is 4.68 Å². The van der Waals surface area contributed by atoms with Gasteiger partial charge in [0, 0.05) is 5.02 Å². The third-order valence-electron chi connectivity index (χ3n) is 5.91. The Kier molecular flexibility index (Phi) is 5.79. The Balaban J connectivity index is 1.69. The van der Waals surface area contributed by atoms with E-state index in [1.807, 2.05) is 41.1 Å². The van der Waals surface area contributed by atoms with Crippen LogP contribution in [0.4, 0.5) is 0 Å². The van der Waals surface area contributed by atoms with Gasteiger partial charge in [0.05, 0.1) is 11.2 Å². The number of aryl methyl sites for hydroxylation is 1. The topological polar surface area (TPSA) is 30.7 Å². The molecule has 0 atom stereocenters. The number of fused-ring (bicyclic) bond motifs is 1. The normalized spacial score (nSPS) is 11.1. The van der Waals surface area contributed by atoms with Gasteiger partial charge in [-0.05, 0) is 89.9 Å². The molecule has 0 N–H and O–H groups in total. The standard InChI is InChI=1S/C27H26ClN3/c1-6-17(2)21-14-18(3)23(24(28)16-21)15-19(4)22-10-9-13-26(20(22)5)31-27-12-8-7-11-25(27)29-30-31/h7-14,16H,2,4,6,15H2,1,3,5H3. The third kappa shape index (κ3) is 3.94. The van der Waals surface area contributed by atoms with Gasteiger partial charge in [0.25, 0.3) is 0 Å². The molecule has 3 nitrogen and oxygen atoms in total. The summed E-state index contributed by atoms with van der Waals surface area (Å²) in [5.74, 6) is 0. The van der Waals surface area contributed by atoms with Crippen molar-refractivity contribution < 1.29 is 0 Å². The predicted molar refractivity (Wildman–Crippen MR) is 132 cm³/mol. The molecule has 0 amide bonds. The summed E-state index contributed by atoms with van der Waals surface area (Å²) < 4.78 is 1.89. The highest BCUT2D eigenvalue weighted by molar-refractivity contribution is 6.31. The predicted octanol–water partition coefficient (Wildman–Crippen LogP) is 7.37. The average Bonchev–Trinajstić information content (AvgIpc) is 3.19. The van der Waals surface area contributed by atoms with E-state index in [4.69, 9.17) is 11.6 Å². The van der Waals surface area contributed by atoms with Crippen molar-refractivity contribution in [3.63, 3.8) is 0 Å². The summed E-state index contributed by atoms with van der Waals surface area (Å²) in [5.41, 5.74) is 10.6. The first kappa shape index (κ1) is 21.1. The van der Waals surface area contributed by atoms with Crippen molar-refractivity contribution in [1.29, 1.82) is 0 Å². The lowest BCUT2D eigenvalue weighted by Crippen LogP contribution is -2.03. The SMILES string of the molecule is C=C(CC)c1cc(C)c(CC(=C)c2cccc(-n3nnc4ccccc43)c2C)c(Cl)c1. The smallest absolute Gasteiger partial charge is 0.113 e. The van der Waals surface area contributed by atoms with E-state index < -0.39 is 0 Å². The second-order valence-electron chi connectivity index (χ2n) is 7.93. The molecule has 0 saturated carbocycles. The Morgan fingerprint density at radius 3 is 2.52 bits per heavy atom. The van der Waals surface area contributed by atoms with Gasteiger partial charge in [0.1, 0.15) is 5.52 Å². The van der Waals surface area contributed by atoms with Crippen molar-refractivity contribution in [2.24, 2.45) is 0 Å². The number of nitrogens with zero attached hydrogens (tertiary/aromatic N) is 3. The lowest BCUT2D eigenvalue weighted by molar-refractivity contribution is 0.818. The van der Waals surface area contributed by atoms with Crippen molar-refractivity contribution in [3.05, 3.63) is 101 Å². The Bertz CT molecular complexity index is 1290. The first-order chi connectivity index (χ1) is 14.9. The molecule has 0 fully saturated rings. The molecule has 4 aromatic rings. The van der Waals surface area contributed by atoms with Crippen LogP contribution in [0.3, 0.4) is 0 Å². The van der Waals surface area contributed by atoms with Crippen LogP contribution in [0.5, 0.6) is 0 Å². The van der Waals surface area contributed by atoms with Crippen molar-refractivity contribution in [2.75, 3.05) is 0 Å². The number of rotatable bonds is 6. The summed E-state index contributed by atoms with van der Waals surface area (Å²) in [6.45, 7) is 14.9. The molecule has 0 unspecified atom stereocenters. The summed E-state index contributed by atoms with van der Waals surface area (Å²) >= 11 is 6.68. The number of aromatic nitrogens is 3. The molecule has 156 valence electrons. The molecular formula is C27H26ClN3. The number of para-hydroxylation sites is 1. The molecule has 1 aromatic heterocycles. The Labute approximate surface area is 188 Å². The van der Waals surface area contributed by atoms with Crippen LogP contribution in [-0.2, 0) is 6.42 Å². The second-order valence-corrected chi connectivity index (χ2v) is 8.34. The van der Waals surface area contributed by atoms with E-state index >= 15 is 0 Å². The maximum atomic E-state index is 6.68. The van der Waals surface area contributed by atoms with E-state index in [0.29, 0.717) is 6.42 Å². The third-order valence-corrected chi connectivity index (χ3v) is 6.25. The zero-order chi connectivity index (χ0) is 22.1. The van der Waals surface area contributed by atoms with Gasteiger partial charge in [0.15, 0.2) is 0 Å². The van der Waals surface area contributed by atoms with Crippen molar-refractivity contribution in [2.45, 2.75) is 33.6 Å². The minimum absolute atomic E-state index is 0.686. The van der Waals surface area contributed by atoms with Gasteiger partial charge in [-0.2, -0.15) is 0 Å². The maximum absolute atomic E-state index is 6.68. The minimum Gasteiger partial charge on any atom is -0.213 e. The Morgan fingerprint density at radius 1 is 1.00 bits per heavy atom. The zero-order valence-electron chi connectivity index (χ0n) is 18.2. The second kappa shape index (κ2) is 8.52. The zero-order valence-corrected chi connectivity index (χ0v) is 19.0. The number of hydrogen-bond donors (Lipinski definition) is 0. The quantitative estimate of drug-likeness (QED) is 0.321. The average molecular weight is 428 g/mol. The van der Waals surface area contributed by atoms with E-state index in [-0.39, 0.29) is 0 Å². The van der Waals surface area contributed by atoms with Crippen LogP contribution in [0, 0.1) is 13.8 Å².